The highest BCUT2D eigenvalue weighted by Gasteiger charge is 2.43. The first-order chi connectivity index (χ1) is 4.92. The first kappa shape index (κ1) is 6.62. The fourth-order valence-corrected chi connectivity index (χ4v) is 1.94. The van der Waals surface area contributed by atoms with Crippen molar-refractivity contribution in [2.24, 2.45) is 17.6 Å². The van der Waals surface area contributed by atoms with Crippen LogP contribution in [0.2, 0.25) is 0 Å². The summed E-state index contributed by atoms with van der Waals surface area (Å²) >= 11 is 0. The summed E-state index contributed by atoms with van der Waals surface area (Å²) in [6.45, 7) is 1.85. The summed E-state index contributed by atoms with van der Waals surface area (Å²) in [6, 6.07) is 0. The molecule has 58 valence electrons. The van der Waals surface area contributed by atoms with Gasteiger partial charge in [-0.15, -0.1) is 0 Å². The van der Waals surface area contributed by atoms with E-state index in [0.717, 1.165) is 25.0 Å². The molecule has 10 heavy (non-hydrogen) atoms. The molecule has 1 aliphatic heterocycles. The molecule has 2 N–H and O–H groups in total. The average Bonchev–Trinajstić information content (AvgIpc) is 2.56. The fourth-order valence-electron chi connectivity index (χ4n) is 1.94. The summed E-state index contributed by atoms with van der Waals surface area (Å²) in [7, 11) is 0. The number of hydrogen-bond acceptors (Lipinski definition) is 2. The zero-order chi connectivity index (χ0) is 6.97. The lowest BCUT2D eigenvalue weighted by atomic mass is 10.1. The van der Waals surface area contributed by atoms with Crippen LogP contribution in [0.25, 0.3) is 0 Å². The second-order valence-corrected chi connectivity index (χ2v) is 3.45. The van der Waals surface area contributed by atoms with Gasteiger partial charge in [0.25, 0.3) is 0 Å². The van der Waals surface area contributed by atoms with Gasteiger partial charge < -0.3 is 10.5 Å². The van der Waals surface area contributed by atoms with Gasteiger partial charge in [-0.2, -0.15) is 0 Å². The standard InChI is InChI=1S/C8H15NO/c9-5-6-4-7(6)8-2-1-3-10-8/h6-8H,1-5,9H2/t6-,7+,8-/m0/s1. The molecule has 0 spiro atoms. The van der Waals surface area contributed by atoms with Crippen molar-refractivity contribution in [2.75, 3.05) is 13.2 Å². The largest absolute Gasteiger partial charge is 0.378 e. The molecule has 2 heteroatoms. The molecule has 0 unspecified atom stereocenters. The van der Waals surface area contributed by atoms with Gasteiger partial charge in [-0.1, -0.05) is 0 Å². The van der Waals surface area contributed by atoms with Gasteiger partial charge in [-0.05, 0) is 37.6 Å². The number of rotatable bonds is 2. The first-order valence-electron chi connectivity index (χ1n) is 4.23. The van der Waals surface area contributed by atoms with E-state index < -0.39 is 0 Å². The maximum absolute atomic E-state index is 5.55. The summed E-state index contributed by atoms with van der Waals surface area (Å²) in [5.41, 5.74) is 5.54. The van der Waals surface area contributed by atoms with Crippen molar-refractivity contribution >= 4 is 0 Å². The molecule has 2 aliphatic rings. The quantitative estimate of drug-likeness (QED) is 0.616. The Labute approximate surface area is 61.7 Å². The molecular formula is C8H15NO. The van der Waals surface area contributed by atoms with Crippen LogP contribution in [0.1, 0.15) is 19.3 Å². The molecule has 2 fully saturated rings. The summed E-state index contributed by atoms with van der Waals surface area (Å²) in [5.74, 6) is 1.62. The maximum Gasteiger partial charge on any atom is 0.0607 e. The van der Waals surface area contributed by atoms with Crippen LogP contribution in [0.5, 0.6) is 0 Å². The van der Waals surface area contributed by atoms with Gasteiger partial charge in [0.05, 0.1) is 6.10 Å². The van der Waals surface area contributed by atoms with E-state index in [1.165, 1.54) is 19.3 Å². The van der Waals surface area contributed by atoms with Crippen LogP contribution in [-0.4, -0.2) is 19.3 Å². The Balaban J connectivity index is 1.79. The van der Waals surface area contributed by atoms with Gasteiger partial charge in [0, 0.05) is 6.61 Å². The van der Waals surface area contributed by atoms with E-state index in [9.17, 15) is 0 Å². The molecular weight excluding hydrogens is 126 g/mol. The third-order valence-corrected chi connectivity index (χ3v) is 2.72. The van der Waals surface area contributed by atoms with Crippen molar-refractivity contribution in [3.63, 3.8) is 0 Å². The van der Waals surface area contributed by atoms with Crippen molar-refractivity contribution in [3.8, 4) is 0 Å². The molecule has 2 rings (SSSR count). The molecule has 0 aromatic heterocycles. The zero-order valence-electron chi connectivity index (χ0n) is 6.25. The molecule has 0 aromatic carbocycles. The van der Waals surface area contributed by atoms with Crippen LogP contribution in [0.3, 0.4) is 0 Å². The molecule has 3 atom stereocenters. The minimum Gasteiger partial charge on any atom is -0.378 e. The van der Waals surface area contributed by atoms with Crippen molar-refractivity contribution < 1.29 is 4.74 Å². The molecule has 0 bridgehead atoms. The second kappa shape index (κ2) is 2.51. The molecule has 1 heterocycles. The molecule has 0 amide bonds. The highest BCUT2D eigenvalue weighted by Crippen LogP contribution is 2.44. The van der Waals surface area contributed by atoms with E-state index in [0.29, 0.717) is 6.10 Å². The van der Waals surface area contributed by atoms with Crippen molar-refractivity contribution in [1.29, 1.82) is 0 Å². The van der Waals surface area contributed by atoms with Crippen LogP contribution in [-0.2, 0) is 4.74 Å². The van der Waals surface area contributed by atoms with Gasteiger partial charge in [0.1, 0.15) is 0 Å². The monoisotopic (exact) mass is 141 g/mol. The smallest absolute Gasteiger partial charge is 0.0607 e. The lowest BCUT2D eigenvalue weighted by Crippen LogP contribution is -2.12. The predicted octanol–water partition coefficient (Wildman–Crippen LogP) is 0.760. The Hall–Kier alpha value is -0.0800. The van der Waals surface area contributed by atoms with Gasteiger partial charge in [-0.3, -0.25) is 0 Å². The van der Waals surface area contributed by atoms with Gasteiger partial charge in [0.15, 0.2) is 0 Å². The predicted molar refractivity (Wildman–Crippen MR) is 39.6 cm³/mol. The van der Waals surface area contributed by atoms with E-state index in [1.807, 2.05) is 0 Å². The highest BCUT2D eigenvalue weighted by atomic mass is 16.5. The van der Waals surface area contributed by atoms with Crippen LogP contribution in [0.4, 0.5) is 0 Å². The van der Waals surface area contributed by atoms with Gasteiger partial charge in [-0.25, -0.2) is 0 Å². The number of hydrogen-bond donors (Lipinski definition) is 1. The van der Waals surface area contributed by atoms with E-state index in [1.54, 1.807) is 0 Å². The molecule has 1 aliphatic carbocycles. The summed E-state index contributed by atoms with van der Waals surface area (Å²) < 4.78 is 5.55. The fraction of sp³-hybridized carbons (Fsp3) is 1.00. The summed E-state index contributed by atoms with van der Waals surface area (Å²) in [4.78, 5) is 0. The first-order valence-corrected chi connectivity index (χ1v) is 4.23. The Morgan fingerprint density at radius 3 is 2.90 bits per heavy atom. The highest BCUT2D eigenvalue weighted by molar-refractivity contribution is 4.93. The maximum atomic E-state index is 5.55. The Kier molecular flexibility index (Phi) is 1.66. The molecule has 2 nitrogen and oxygen atoms in total. The van der Waals surface area contributed by atoms with E-state index >= 15 is 0 Å². The van der Waals surface area contributed by atoms with E-state index in [2.05, 4.69) is 0 Å². The molecule has 1 saturated heterocycles. The third kappa shape index (κ3) is 1.06. The van der Waals surface area contributed by atoms with Crippen molar-refractivity contribution in [1.82, 2.24) is 0 Å². The zero-order valence-corrected chi connectivity index (χ0v) is 6.25. The van der Waals surface area contributed by atoms with Crippen LogP contribution in [0, 0.1) is 11.8 Å². The number of nitrogens with two attached hydrogens (primary N) is 1. The molecule has 0 radical (unpaired) electrons. The minimum atomic E-state index is 0.577. The Morgan fingerprint density at radius 2 is 2.40 bits per heavy atom. The molecule has 0 aromatic rings. The van der Waals surface area contributed by atoms with Gasteiger partial charge in [0.2, 0.25) is 0 Å². The minimum absolute atomic E-state index is 0.577. The lowest BCUT2D eigenvalue weighted by molar-refractivity contribution is 0.0900. The third-order valence-electron chi connectivity index (χ3n) is 2.72. The Bertz CT molecular complexity index is 120. The van der Waals surface area contributed by atoms with E-state index in [4.69, 9.17) is 10.5 Å². The van der Waals surface area contributed by atoms with Crippen molar-refractivity contribution in [2.45, 2.75) is 25.4 Å². The Morgan fingerprint density at radius 1 is 1.50 bits per heavy atom. The summed E-state index contributed by atoms with van der Waals surface area (Å²) in [6.07, 6.45) is 4.44. The lowest BCUT2D eigenvalue weighted by Gasteiger charge is -2.06. The number of ether oxygens (including phenoxy) is 1. The van der Waals surface area contributed by atoms with Crippen LogP contribution < -0.4 is 5.73 Å². The SMILES string of the molecule is NC[C@@H]1C[C@H]1[C@@H]1CCCO1. The summed E-state index contributed by atoms with van der Waals surface area (Å²) in [5, 5.41) is 0. The van der Waals surface area contributed by atoms with Crippen LogP contribution in [0.15, 0.2) is 0 Å². The van der Waals surface area contributed by atoms with Crippen molar-refractivity contribution in [3.05, 3.63) is 0 Å². The van der Waals surface area contributed by atoms with Gasteiger partial charge >= 0.3 is 0 Å². The normalized spacial score (nSPS) is 45.9. The van der Waals surface area contributed by atoms with E-state index in [-0.39, 0.29) is 0 Å². The topological polar surface area (TPSA) is 35.2 Å². The molecule has 1 saturated carbocycles. The second-order valence-electron chi connectivity index (χ2n) is 3.45. The van der Waals surface area contributed by atoms with Crippen LogP contribution >= 0.6 is 0 Å². The average molecular weight is 141 g/mol.